The lowest BCUT2D eigenvalue weighted by molar-refractivity contribution is -0.141. The minimum Gasteiger partial charge on any atom is -0.481 e. The molecule has 1 unspecified atom stereocenters. The SMILES string of the molecule is O=C(O)CC1CN(C(=O)c2cccn2CC(F)F)CCO1. The zero-order chi connectivity index (χ0) is 15.4. The molecule has 1 aliphatic rings. The first-order valence-electron chi connectivity index (χ1n) is 6.53. The van der Waals surface area contributed by atoms with Crippen LogP contribution in [0.4, 0.5) is 8.78 Å². The summed E-state index contributed by atoms with van der Waals surface area (Å²) in [5.74, 6) is -1.39. The van der Waals surface area contributed by atoms with E-state index in [1.165, 1.54) is 27.8 Å². The molecule has 1 fully saturated rings. The molecule has 8 heteroatoms. The van der Waals surface area contributed by atoms with Crippen LogP contribution >= 0.6 is 0 Å². The van der Waals surface area contributed by atoms with Gasteiger partial charge >= 0.3 is 5.97 Å². The summed E-state index contributed by atoms with van der Waals surface area (Å²) < 4.78 is 31.4. The number of nitrogens with zero attached hydrogens (tertiary/aromatic N) is 2. The Labute approximate surface area is 119 Å². The average molecular weight is 302 g/mol. The summed E-state index contributed by atoms with van der Waals surface area (Å²) in [7, 11) is 0. The first-order chi connectivity index (χ1) is 9.97. The fourth-order valence-electron chi connectivity index (χ4n) is 2.30. The molecule has 1 N–H and O–H groups in total. The van der Waals surface area contributed by atoms with Crippen LogP contribution in [-0.2, 0) is 16.1 Å². The van der Waals surface area contributed by atoms with E-state index in [4.69, 9.17) is 9.84 Å². The highest BCUT2D eigenvalue weighted by Gasteiger charge is 2.28. The molecule has 0 spiro atoms. The van der Waals surface area contributed by atoms with Gasteiger partial charge in [0.1, 0.15) is 5.69 Å². The fraction of sp³-hybridized carbons (Fsp3) is 0.538. The molecule has 0 aromatic carbocycles. The minimum absolute atomic E-state index is 0.144. The number of amides is 1. The van der Waals surface area contributed by atoms with Crippen molar-refractivity contribution < 1.29 is 28.2 Å². The highest BCUT2D eigenvalue weighted by molar-refractivity contribution is 5.93. The number of ether oxygens (including phenoxy) is 1. The number of aliphatic carboxylic acids is 1. The number of morpholine rings is 1. The van der Waals surface area contributed by atoms with Crippen LogP contribution in [0.2, 0.25) is 0 Å². The van der Waals surface area contributed by atoms with Gasteiger partial charge in [-0.1, -0.05) is 0 Å². The number of hydrogen-bond acceptors (Lipinski definition) is 3. The van der Waals surface area contributed by atoms with Crippen molar-refractivity contribution in [3.05, 3.63) is 24.0 Å². The van der Waals surface area contributed by atoms with Gasteiger partial charge in [0.25, 0.3) is 12.3 Å². The second-order valence-electron chi connectivity index (χ2n) is 4.78. The van der Waals surface area contributed by atoms with Crippen LogP contribution in [0.3, 0.4) is 0 Å². The second kappa shape index (κ2) is 6.66. The highest BCUT2D eigenvalue weighted by atomic mass is 19.3. The van der Waals surface area contributed by atoms with Gasteiger partial charge in [-0.2, -0.15) is 0 Å². The molecule has 1 aliphatic heterocycles. The molecule has 0 radical (unpaired) electrons. The smallest absolute Gasteiger partial charge is 0.306 e. The molecule has 116 valence electrons. The number of aromatic nitrogens is 1. The molecule has 2 heterocycles. The number of carboxylic acid groups (broad SMARTS) is 1. The fourth-order valence-corrected chi connectivity index (χ4v) is 2.30. The number of rotatable bonds is 5. The molecule has 2 rings (SSSR count). The summed E-state index contributed by atoms with van der Waals surface area (Å²) in [6.45, 7) is 0.149. The summed E-state index contributed by atoms with van der Waals surface area (Å²) in [5, 5.41) is 8.75. The number of carbonyl (C=O) groups excluding carboxylic acids is 1. The van der Waals surface area contributed by atoms with Gasteiger partial charge in [-0.15, -0.1) is 0 Å². The van der Waals surface area contributed by atoms with Crippen molar-refractivity contribution >= 4 is 11.9 Å². The van der Waals surface area contributed by atoms with Crippen molar-refractivity contribution in [2.24, 2.45) is 0 Å². The Kier molecular flexibility index (Phi) is 4.89. The van der Waals surface area contributed by atoms with Gasteiger partial charge in [-0.25, -0.2) is 8.78 Å². The molecule has 1 aromatic heterocycles. The molecule has 1 aromatic rings. The van der Waals surface area contributed by atoms with Crippen LogP contribution < -0.4 is 0 Å². The largest absolute Gasteiger partial charge is 0.481 e. The van der Waals surface area contributed by atoms with E-state index in [9.17, 15) is 18.4 Å². The second-order valence-corrected chi connectivity index (χ2v) is 4.78. The molecule has 6 nitrogen and oxygen atoms in total. The maximum atomic E-state index is 12.5. The molecule has 1 amide bonds. The van der Waals surface area contributed by atoms with E-state index in [-0.39, 0.29) is 31.2 Å². The highest BCUT2D eigenvalue weighted by Crippen LogP contribution is 2.14. The summed E-state index contributed by atoms with van der Waals surface area (Å²) >= 11 is 0. The van der Waals surface area contributed by atoms with Gasteiger partial charge in [0, 0.05) is 19.3 Å². The lowest BCUT2D eigenvalue weighted by atomic mass is 10.2. The summed E-state index contributed by atoms with van der Waals surface area (Å²) in [6.07, 6.45) is -1.89. The first kappa shape index (κ1) is 15.4. The van der Waals surface area contributed by atoms with Crippen LogP contribution in [0.5, 0.6) is 0 Å². The Bertz CT molecular complexity index is 518. The van der Waals surface area contributed by atoms with Gasteiger partial charge in [0.15, 0.2) is 0 Å². The van der Waals surface area contributed by atoms with E-state index in [1.807, 2.05) is 0 Å². The maximum Gasteiger partial charge on any atom is 0.306 e. The Morgan fingerprint density at radius 1 is 1.48 bits per heavy atom. The molecular formula is C13H16F2N2O4. The van der Waals surface area contributed by atoms with Gasteiger partial charge in [0.2, 0.25) is 0 Å². The maximum absolute atomic E-state index is 12.5. The third kappa shape index (κ3) is 4.01. The van der Waals surface area contributed by atoms with Crippen LogP contribution in [0, 0.1) is 0 Å². The molecule has 21 heavy (non-hydrogen) atoms. The lowest BCUT2D eigenvalue weighted by Gasteiger charge is -2.32. The van der Waals surface area contributed by atoms with Crippen LogP contribution in [0.25, 0.3) is 0 Å². The van der Waals surface area contributed by atoms with Gasteiger partial charge in [-0.3, -0.25) is 9.59 Å². The van der Waals surface area contributed by atoms with Crippen molar-refractivity contribution in [1.82, 2.24) is 9.47 Å². The van der Waals surface area contributed by atoms with Crippen molar-refractivity contribution in [3.8, 4) is 0 Å². The summed E-state index contributed by atoms with van der Waals surface area (Å²) in [5.41, 5.74) is 0.172. The third-order valence-electron chi connectivity index (χ3n) is 3.21. The normalized spacial score (nSPS) is 19.0. The van der Waals surface area contributed by atoms with Crippen LogP contribution in [0.1, 0.15) is 16.9 Å². The number of alkyl halides is 2. The topological polar surface area (TPSA) is 71.8 Å². The summed E-state index contributed by atoms with van der Waals surface area (Å²) in [4.78, 5) is 24.5. The van der Waals surface area contributed by atoms with E-state index >= 15 is 0 Å². The predicted octanol–water partition coefficient (Wildman–Crippen LogP) is 1.07. The molecule has 0 aliphatic carbocycles. The molecule has 1 saturated heterocycles. The van der Waals surface area contributed by atoms with Crippen molar-refractivity contribution in [2.45, 2.75) is 25.5 Å². The van der Waals surface area contributed by atoms with E-state index in [2.05, 4.69) is 0 Å². The van der Waals surface area contributed by atoms with Crippen LogP contribution in [-0.4, -0.2) is 58.7 Å². The van der Waals surface area contributed by atoms with E-state index < -0.39 is 25.0 Å². The molecular weight excluding hydrogens is 286 g/mol. The monoisotopic (exact) mass is 302 g/mol. The Morgan fingerprint density at radius 3 is 2.90 bits per heavy atom. The van der Waals surface area contributed by atoms with E-state index in [1.54, 1.807) is 0 Å². The Hall–Kier alpha value is -1.96. The van der Waals surface area contributed by atoms with Gasteiger partial charge in [-0.05, 0) is 12.1 Å². The zero-order valence-corrected chi connectivity index (χ0v) is 11.2. The Balaban J connectivity index is 2.05. The number of hydrogen-bond donors (Lipinski definition) is 1. The number of carboxylic acids is 1. The average Bonchev–Trinajstić information content (AvgIpc) is 2.84. The van der Waals surface area contributed by atoms with Crippen molar-refractivity contribution in [1.29, 1.82) is 0 Å². The zero-order valence-electron chi connectivity index (χ0n) is 11.2. The standard InChI is InChI=1S/C13H16F2N2O4/c14-11(15)8-16-3-1-2-10(16)13(20)17-4-5-21-9(7-17)6-12(18)19/h1-3,9,11H,4-8H2,(H,18,19). The van der Waals surface area contributed by atoms with Crippen molar-refractivity contribution in [2.75, 3.05) is 19.7 Å². The summed E-state index contributed by atoms with van der Waals surface area (Å²) in [6, 6.07) is 3.01. The van der Waals surface area contributed by atoms with E-state index in [0.717, 1.165) is 0 Å². The molecule has 1 atom stereocenters. The third-order valence-corrected chi connectivity index (χ3v) is 3.21. The minimum atomic E-state index is -2.55. The predicted molar refractivity (Wildman–Crippen MR) is 68.3 cm³/mol. The molecule has 0 saturated carbocycles. The van der Waals surface area contributed by atoms with E-state index in [0.29, 0.717) is 6.54 Å². The van der Waals surface area contributed by atoms with Gasteiger partial charge in [0.05, 0.1) is 25.7 Å². The van der Waals surface area contributed by atoms with Gasteiger partial charge < -0.3 is 19.3 Å². The quantitative estimate of drug-likeness (QED) is 0.883. The number of carbonyl (C=O) groups is 2. The Morgan fingerprint density at radius 2 is 2.24 bits per heavy atom. The molecule has 0 bridgehead atoms. The van der Waals surface area contributed by atoms with Crippen LogP contribution in [0.15, 0.2) is 18.3 Å². The first-order valence-corrected chi connectivity index (χ1v) is 6.53. The number of halogens is 2. The lowest BCUT2D eigenvalue weighted by Crippen LogP contribution is -2.46. The van der Waals surface area contributed by atoms with Crippen molar-refractivity contribution in [3.63, 3.8) is 0 Å².